The number of hydrogen-bond donors (Lipinski definition) is 1. The van der Waals surface area contributed by atoms with Gasteiger partial charge in [0.1, 0.15) is 11.7 Å². The number of nitrogens with one attached hydrogen (secondary N) is 1. The monoisotopic (exact) mass is 412 g/mol. The van der Waals surface area contributed by atoms with Gasteiger partial charge in [-0.25, -0.2) is 4.79 Å². The molecule has 4 rings (SSSR count). The van der Waals surface area contributed by atoms with Gasteiger partial charge < -0.3 is 10.1 Å². The van der Waals surface area contributed by atoms with Crippen molar-refractivity contribution in [2.24, 2.45) is 0 Å². The number of fused-ring (bicyclic) bond motifs is 1. The van der Waals surface area contributed by atoms with Crippen LogP contribution in [-0.4, -0.2) is 44.0 Å². The second-order valence-electron chi connectivity index (χ2n) is 5.91. The average Bonchev–Trinajstić information content (AvgIpc) is 3.43. The van der Waals surface area contributed by atoms with Crippen molar-refractivity contribution in [2.45, 2.75) is 6.04 Å². The number of benzene rings is 1. The molecule has 0 bridgehead atoms. The lowest BCUT2D eigenvalue weighted by atomic mass is 9.91. The van der Waals surface area contributed by atoms with Crippen molar-refractivity contribution in [1.82, 2.24) is 20.2 Å². The minimum absolute atomic E-state index is 0.0274. The SMILES string of the molecule is COC(=O)C1=C(C(=O)c2cccs2)[C@@H](c2cccc([N+](=O)[O-])c2)n2nnnc2N1. The van der Waals surface area contributed by atoms with E-state index < -0.39 is 22.7 Å². The molecule has 11 nitrogen and oxygen atoms in total. The van der Waals surface area contributed by atoms with Crippen LogP contribution in [0.3, 0.4) is 0 Å². The van der Waals surface area contributed by atoms with Gasteiger partial charge in [0, 0.05) is 12.1 Å². The molecular weight excluding hydrogens is 400 g/mol. The molecule has 0 unspecified atom stereocenters. The maximum Gasteiger partial charge on any atom is 0.355 e. The number of carbonyl (C=O) groups is 2. The Morgan fingerprint density at radius 3 is 2.83 bits per heavy atom. The fourth-order valence-electron chi connectivity index (χ4n) is 3.05. The maximum absolute atomic E-state index is 13.3. The molecule has 1 aliphatic heterocycles. The highest BCUT2D eigenvalue weighted by atomic mass is 32.1. The van der Waals surface area contributed by atoms with Gasteiger partial charge in [-0.1, -0.05) is 23.3 Å². The number of aromatic nitrogens is 4. The van der Waals surface area contributed by atoms with Crippen molar-refractivity contribution >= 4 is 34.7 Å². The Labute approximate surface area is 166 Å². The van der Waals surface area contributed by atoms with E-state index in [1.54, 1.807) is 23.6 Å². The molecule has 0 aliphatic carbocycles. The number of Topliss-reactive ketones (excluding diaryl/α,β-unsaturated/α-hetero) is 1. The lowest BCUT2D eigenvalue weighted by Gasteiger charge is -2.27. The Hall–Kier alpha value is -3.93. The molecule has 29 heavy (non-hydrogen) atoms. The molecule has 0 radical (unpaired) electrons. The molecule has 2 aromatic heterocycles. The van der Waals surface area contributed by atoms with E-state index in [-0.39, 0.29) is 22.9 Å². The van der Waals surface area contributed by atoms with Crippen LogP contribution in [0.2, 0.25) is 0 Å². The number of allylic oxidation sites excluding steroid dienone is 1. The van der Waals surface area contributed by atoms with E-state index in [1.165, 1.54) is 41.3 Å². The summed E-state index contributed by atoms with van der Waals surface area (Å²) in [7, 11) is 1.18. The fourth-order valence-corrected chi connectivity index (χ4v) is 3.72. The van der Waals surface area contributed by atoms with E-state index in [0.717, 1.165) is 0 Å². The number of ketones is 1. The van der Waals surface area contributed by atoms with Crippen molar-refractivity contribution in [3.8, 4) is 0 Å². The molecule has 0 amide bonds. The summed E-state index contributed by atoms with van der Waals surface area (Å²) in [6, 6.07) is 8.10. The smallest absolute Gasteiger partial charge is 0.355 e. The number of methoxy groups -OCH3 is 1. The van der Waals surface area contributed by atoms with Crippen LogP contribution in [0, 0.1) is 10.1 Å². The van der Waals surface area contributed by atoms with Gasteiger partial charge >= 0.3 is 5.97 Å². The number of non-ortho nitro benzene ring substituents is 1. The van der Waals surface area contributed by atoms with Crippen LogP contribution in [0.15, 0.2) is 53.0 Å². The molecule has 1 N–H and O–H groups in total. The first-order valence-corrected chi connectivity index (χ1v) is 9.09. The summed E-state index contributed by atoms with van der Waals surface area (Å²) < 4.78 is 6.13. The standard InChI is InChI=1S/C17H12N6O5S/c1-28-16(25)13-12(15(24)11-6-3-7-29-11)14(22-17(18-13)19-20-21-22)9-4-2-5-10(8-9)23(26)27/h2-8,14H,1H3,(H,18,19,21)/t14-/m1/s1. The van der Waals surface area contributed by atoms with Crippen LogP contribution in [0.1, 0.15) is 21.3 Å². The number of thiophene rings is 1. The predicted molar refractivity (Wildman–Crippen MR) is 100 cm³/mol. The van der Waals surface area contributed by atoms with Crippen LogP contribution < -0.4 is 5.32 Å². The highest BCUT2D eigenvalue weighted by Crippen LogP contribution is 2.38. The van der Waals surface area contributed by atoms with E-state index in [9.17, 15) is 19.7 Å². The summed E-state index contributed by atoms with van der Waals surface area (Å²) in [4.78, 5) is 36.9. The predicted octanol–water partition coefficient (Wildman–Crippen LogP) is 1.97. The summed E-state index contributed by atoms with van der Waals surface area (Å²) >= 11 is 1.20. The zero-order valence-corrected chi connectivity index (χ0v) is 15.6. The summed E-state index contributed by atoms with van der Waals surface area (Å²) in [6.07, 6.45) is 0. The second kappa shape index (κ2) is 7.24. The zero-order chi connectivity index (χ0) is 20.5. The molecule has 0 spiro atoms. The quantitative estimate of drug-likeness (QED) is 0.288. The Balaban J connectivity index is 1.97. The zero-order valence-electron chi connectivity index (χ0n) is 14.8. The van der Waals surface area contributed by atoms with Crippen molar-refractivity contribution in [1.29, 1.82) is 0 Å². The molecule has 1 atom stereocenters. The average molecular weight is 412 g/mol. The lowest BCUT2D eigenvalue weighted by Crippen LogP contribution is -2.32. The third-order valence-electron chi connectivity index (χ3n) is 4.29. The van der Waals surface area contributed by atoms with E-state index in [0.29, 0.717) is 10.4 Å². The number of anilines is 1. The van der Waals surface area contributed by atoms with Crippen molar-refractivity contribution in [3.63, 3.8) is 0 Å². The van der Waals surface area contributed by atoms with Crippen molar-refractivity contribution in [2.75, 3.05) is 12.4 Å². The number of ether oxygens (including phenoxy) is 1. The van der Waals surface area contributed by atoms with Crippen molar-refractivity contribution < 1.29 is 19.2 Å². The number of tetrazole rings is 1. The Morgan fingerprint density at radius 1 is 1.31 bits per heavy atom. The molecule has 1 aliphatic rings. The normalized spacial score (nSPS) is 15.4. The van der Waals surface area contributed by atoms with Crippen LogP contribution in [0.5, 0.6) is 0 Å². The highest BCUT2D eigenvalue weighted by molar-refractivity contribution is 7.12. The van der Waals surface area contributed by atoms with E-state index >= 15 is 0 Å². The molecule has 3 aromatic rings. The number of hydrogen-bond acceptors (Lipinski definition) is 10. The van der Waals surface area contributed by atoms with Crippen LogP contribution in [-0.2, 0) is 9.53 Å². The number of rotatable bonds is 5. The first kappa shape index (κ1) is 18.4. The van der Waals surface area contributed by atoms with Gasteiger partial charge in [-0.3, -0.25) is 14.9 Å². The second-order valence-corrected chi connectivity index (χ2v) is 6.86. The Bertz CT molecular complexity index is 1150. The number of esters is 1. The van der Waals surface area contributed by atoms with E-state index in [4.69, 9.17) is 4.74 Å². The van der Waals surface area contributed by atoms with E-state index in [2.05, 4.69) is 20.8 Å². The third-order valence-corrected chi connectivity index (χ3v) is 5.16. The van der Waals surface area contributed by atoms with Gasteiger partial charge in [0.15, 0.2) is 0 Å². The molecule has 0 saturated carbocycles. The fraction of sp³-hybridized carbons (Fsp3) is 0.118. The van der Waals surface area contributed by atoms with Crippen molar-refractivity contribution in [3.05, 3.63) is 73.6 Å². The lowest BCUT2D eigenvalue weighted by molar-refractivity contribution is -0.384. The molecule has 0 saturated heterocycles. The van der Waals surface area contributed by atoms with Gasteiger partial charge in [-0.15, -0.1) is 11.3 Å². The first-order chi connectivity index (χ1) is 14.0. The summed E-state index contributed by atoms with van der Waals surface area (Å²) in [5, 5.41) is 27.0. The summed E-state index contributed by atoms with van der Waals surface area (Å²) in [5.74, 6) is -1.12. The largest absolute Gasteiger partial charge is 0.464 e. The number of nitro benzene ring substituents is 1. The van der Waals surface area contributed by atoms with E-state index in [1.807, 2.05) is 0 Å². The Morgan fingerprint density at radius 2 is 2.14 bits per heavy atom. The Kier molecular flexibility index (Phi) is 4.60. The van der Waals surface area contributed by atoms with Gasteiger partial charge in [0.25, 0.3) is 5.69 Å². The van der Waals surface area contributed by atoms with Gasteiger partial charge in [-0.2, -0.15) is 4.68 Å². The van der Waals surface area contributed by atoms with Crippen LogP contribution in [0.4, 0.5) is 11.6 Å². The third kappa shape index (κ3) is 3.14. The van der Waals surface area contributed by atoms with Gasteiger partial charge in [0.2, 0.25) is 11.7 Å². The first-order valence-electron chi connectivity index (χ1n) is 8.21. The molecule has 12 heteroatoms. The number of nitro groups is 1. The summed E-state index contributed by atoms with van der Waals surface area (Å²) in [6.45, 7) is 0. The van der Waals surface area contributed by atoms with Gasteiger partial charge in [-0.05, 0) is 27.4 Å². The minimum Gasteiger partial charge on any atom is -0.464 e. The molecule has 0 fully saturated rings. The minimum atomic E-state index is -0.968. The molecule has 146 valence electrons. The number of carbonyl (C=O) groups excluding carboxylic acids is 2. The summed E-state index contributed by atoms with van der Waals surface area (Å²) in [5.41, 5.74) is 0.109. The topological polar surface area (TPSA) is 142 Å². The highest BCUT2D eigenvalue weighted by Gasteiger charge is 2.39. The van der Waals surface area contributed by atoms with Crippen LogP contribution in [0.25, 0.3) is 0 Å². The maximum atomic E-state index is 13.3. The number of nitrogens with zero attached hydrogens (tertiary/aromatic N) is 5. The molecule has 3 heterocycles. The molecular formula is C17H12N6O5S. The molecule has 1 aromatic carbocycles. The van der Waals surface area contributed by atoms with Gasteiger partial charge in [0.05, 0.1) is 22.5 Å². The van der Waals surface area contributed by atoms with Crippen LogP contribution >= 0.6 is 11.3 Å².